The van der Waals surface area contributed by atoms with Crippen molar-refractivity contribution < 1.29 is 9.47 Å². The molecular weight excluding hydrogens is 248 g/mol. The van der Waals surface area contributed by atoms with Gasteiger partial charge in [-0.05, 0) is 31.6 Å². The van der Waals surface area contributed by atoms with Crippen molar-refractivity contribution in [1.29, 1.82) is 0 Å². The van der Waals surface area contributed by atoms with Gasteiger partial charge in [0, 0.05) is 13.2 Å². The van der Waals surface area contributed by atoms with Crippen molar-refractivity contribution in [2.75, 3.05) is 13.2 Å². The Morgan fingerprint density at radius 1 is 1.00 bits per heavy atom. The Balaban J connectivity index is 1.74. The van der Waals surface area contributed by atoms with Crippen LogP contribution in [0, 0.1) is 5.92 Å². The van der Waals surface area contributed by atoms with Gasteiger partial charge in [0.15, 0.2) is 6.29 Å². The summed E-state index contributed by atoms with van der Waals surface area (Å²) in [6.07, 6.45) is 16.0. The highest BCUT2D eigenvalue weighted by atomic mass is 16.7. The van der Waals surface area contributed by atoms with Crippen LogP contribution in [0.3, 0.4) is 0 Å². The first-order valence-corrected chi connectivity index (χ1v) is 9.06. The van der Waals surface area contributed by atoms with Gasteiger partial charge in [-0.3, -0.25) is 0 Å². The molecule has 1 aliphatic rings. The zero-order valence-corrected chi connectivity index (χ0v) is 13.9. The SMILES string of the molecule is CCC(C)CCCCCCCCCOC1CCCCO1. The van der Waals surface area contributed by atoms with E-state index < -0.39 is 0 Å². The summed E-state index contributed by atoms with van der Waals surface area (Å²) in [5.74, 6) is 0.925. The molecule has 0 spiro atoms. The lowest BCUT2D eigenvalue weighted by molar-refractivity contribution is -0.162. The minimum atomic E-state index is 0.101. The maximum absolute atomic E-state index is 5.74. The summed E-state index contributed by atoms with van der Waals surface area (Å²) in [5.41, 5.74) is 0. The molecule has 0 radical (unpaired) electrons. The lowest BCUT2D eigenvalue weighted by Crippen LogP contribution is -2.22. The fraction of sp³-hybridized carbons (Fsp3) is 1.00. The largest absolute Gasteiger partial charge is 0.353 e. The number of hydrogen-bond donors (Lipinski definition) is 0. The minimum Gasteiger partial charge on any atom is -0.353 e. The van der Waals surface area contributed by atoms with Gasteiger partial charge in [-0.15, -0.1) is 0 Å². The van der Waals surface area contributed by atoms with Crippen LogP contribution in [-0.2, 0) is 9.47 Å². The quantitative estimate of drug-likeness (QED) is 0.428. The van der Waals surface area contributed by atoms with E-state index in [4.69, 9.17) is 9.47 Å². The third kappa shape index (κ3) is 9.77. The van der Waals surface area contributed by atoms with E-state index in [-0.39, 0.29) is 6.29 Å². The molecule has 2 nitrogen and oxygen atoms in total. The van der Waals surface area contributed by atoms with Crippen molar-refractivity contribution in [3.05, 3.63) is 0 Å². The Labute approximate surface area is 126 Å². The van der Waals surface area contributed by atoms with Gasteiger partial charge in [-0.1, -0.05) is 65.2 Å². The summed E-state index contributed by atoms with van der Waals surface area (Å²) < 4.78 is 11.3. The van der Waals surface area contributed by atoms with Crippen LogP contribution in [0.2, 0.25) is 0 Å². The van der Waals surface area contributed by atoms with E-state index >= 15 is 0 Å². The highest BCUT2D eigenvalue weighted by Gasteiger charge is 2.13. The molecule has 0 aliphatic carbocycles. The average Bonchev–Trinajstić information content (AvgIpc) is 2.50. The zero-order valence-electron chi connectivity index (χ0n) is 13.9. The predicted molar refractivity (Wildman–Crippen MR) is 85.9 cm³/mol. The van der Waals surface area contributed by atoms with E-state index in [0.29, 0.717) is 0 Å². The predicted octanol–water partition coefficient (Wildman–Crippen LogP) is 5.70. The van der Waals surface area contributed by atoms with Crippen LogP contribution < -0.4 is 0 Å². The Morgan fingerprint density at radius 3 is 2.35 bits per heavy atom. The fourth-order valence-electron chi connectivity index (χ4n) is 2.74. The number of rotatable bonds is 12. The third-order valence-corrected chi connectivity index (χ3v) is 4.48. The fourth-order valence-corrected chi connectivity index (χ4v) is 2.74. The first-order valence-electron chi connectivity index (χ1n) is 9.06. The highest BCUT2D eigenvalue weighted by Crippen LogP contribution is 2.16. The molecule has 0 N–H and O–H groups in total. The number of ether oxygens (including phenoxy) is 2. The highest BCUT2D eigenvalue weighted by molar-refractivity contribution is 4.55. The van der Waals surface area contributed by atoms with E-state index in [1.54, 1.807) is 0 Å². The maximum Gasteiger partial charge on any atom is 0.157 e. The van der Waals surface area contributed by atoms with Crippen molar-refractivity contribution in [2.45, 2.75) is 97.2 Å². The molecular formula is C18H36O2. The van der Waals surface area contributed by atoms with E-state index in [9.17, 15) is 0 Å². The molecule has 2 unspecified atom stereocenters. The first kappa shape index (κ1) is 18.0. The van der Waals surface area contributed by atoms with Crippen molar-refractivity contribution in [3.8, 4) is 0 Å². The molecule has 1 aliphatic heterocycles. The van der Waals surface area contributed by atoms with Gasteiger partial charge in [0.2, 0.25) is 0 Å². The van der Waals surface area contributed by atoms with Crippen LogP contribution in [0.1, 0.15) is 90.9 Å². The Hall–Kier alpha value is -0.0800. The topological polar surface area (TPSA) is 18.5 Å². The molecule has 1 rings (SSSR count). The van der Waals surface area contributed by atoms with Crippen LogP contribution >= 0.6 is 0 Å². The Kier molecular flexibility index (Phi) is 11.4. The molecule has 2 atom stereocenters. The Bertz CT molecular complexity index is 200. The van der Waals surface area contributed by atoms with Crippen molar-refractivity contribution in [3.63, 3.8) is 0 Å². The summed E-state index contributed by atoms with van der Waals surface area (Å²) in [7, 11) is 0. The second kappa shape index (κ2) is 12.6. The van der Waals surface area contributed by atoms with Crippen molar-refractivity contribution in [2.24, 2.45) is 5.92 Å². The smallest absolute Gasteiger partial charge is 0.157 e. The van der Waals surface area contributed by atoms with Crippen LogP contribution in [0.15, 0.2) is 0 Å². The van der Waals surface area contributed by atoms with Gasteiger partial charge >= 0.3 is 0 Å². The minimum absolute atomic E-state index is 0.101. The normalized spacial score (nSPS) is 21.0. The second-order valence-electron chi connectivity index (χ2n) is 6.44. The monoisotopic (exact) mass is 284 g/mol. The molecule has 1 saturated heterocycles. The molecule has 0 aromatic rings. The molecule has 2 heteroatoms. The van der Waals surface area contributed by atoms with E-state index in [1.165, 1.54) is 70.6 Å². The van der Waals surface area contributed by atoms with Crippen LogP contribution in [0.5, 0.6) is 0 Å². The van der Waals surface area contributed by atoms with E-state index in [0.717, 1.165) is 25.6 Å². The zero-order chi connectivity index (χ0) is 14.5. The first-order chi connectivity index (χ1) is 9.83. The molecule has 0 saturated carbocycles. The lowest BCUT2D eigenvalue weighted by Gasteiger charge is -2.22. The Morgan fingerprint density at radius 2 is 1.70 bits per heavy atom. The van der Waals surface area contributed by atoms with E-state index in [2.05, 4.69) is 13.8 Å². The maximum atomic E-state index is 5.74. The van der Waals surface area contributed by atoms with Crippen LogP contribution in [0.25, 0.3) is 0 Å². The third-order valence-electron chi connectivity index (χ3n) is 4.48. The standard InChI is InChI=1S/C18H36O2/c1-3-17(2)13-9-7-5-4-6-8-11-15-19-18-14-10-12-16-20-18/h17-18H,3-16H2,1-2H3. The van der Waals surface area contributed by atoms with Crippen LogP contribution in [-0.4, -0.2) is 19.5 Å². The van der Waals surface area contributed by atoms with Gasteiger partial charge in [0.05, 0.1) is 0 Å². The molecule has 1 heterocycles. The van der Waals surface area contributed by atoms with Gasteiger partial charge in [-0.2, -0.15) is 0 Å². The van der Waals surface area contributed by atoms with E-state index in [1.807, 2.05) is 0 Å². The molecule has 0 amide bonds. The van der Waals surface area contributed by atoms with Gasteiger partial charge in [0.1, 0.15) is 0 Å². The molecule has 0 aromatic carbocycles. The number of unbranched alkanes of at least 4 members (excludes halogenated alkanes) is 6. The summed E-state index contributed by atoms with van der Waals surface area (Å²) >= 11 is 0. The lowest BCUT2D eigenvalue weighted by atomic mass is 10.00. The van der Waals surface area contributed by atoms with Crippen molar-refractivity contribution in [1.82, 2.24) is 0 Å². The van der Waals surface area contributed by atoms with Gasteiger partial charge < -0.3 is 9.47 Å². The molecule has 120 valence electrons. The number of hydrogen-bond acceptors (Lipinski definition) is 2. The summed E-state index contributed by atoms with van der Waals surface area (Å²) in [5, 5.41) is 0. The molecule has 20 heavy (non-hydrogen) atoms. The second-order valence-corrected chi connectivity index (χ2v) is 6.44. The molecule has 1 fully saturated rings. The van der Waals surface area contributed by atoms with Crippen molar-refractivity contribution >= 4 is 0 Å². The molecule has 0 bridgehead atoms. The summed E-state index contributed by atoms with van der Waals surface area (Å²) in [6, 6.07) is 0. The summed E-state index contributed by atoms with van der Waals surface area (Å²) in [6.45, 7) is 6.45. The summed E-state index contributed by atoms with van der Waals surface area (Å²) in [4.78, 5) is 0. The van der Waals surface area contributed by atoms with Gasteiger partial charge in [0.25, 0.3) is 0 Å². The molecule has 0 aromatic heterocycles. The van der Waals surface area contributed by atoms with Gasteiger partial charge in [-0.25, -0.2) is 0 Å². The van der Waals surface area contributed by atoms with Crippen LogP contribution in [0.4, 0.5) is 0 Å². The average molecular weight is 284 g/mol.